The lowest BCUT2D eigenvalue weighted by molar-refractivity contribution is -0.231. The van der Waals surface area contributed by atoms with Gasteiger partial charge in [-0.2, -0.15) is 0 Å². The SMILES string of the molecule is C#Cc1ccc(Cc2cc([C@@H]3OC(CO)[C@@H](O)[C@H](O)[C@H]3O)ccc2Cl)cc1. The highest BCUT2D eigenvalue weighted by atomic mass is 35.5. The second-order valence-corrected chi connectivity index (χ2v) is 7.03. The van der Waals surface area contributed by atoms with Gasteiger partial charge in [-0.05, 0) is 41.3 Å². The summed E-state index contributed by atoms with van der Waals surface area (Å²) in [5.41, 5.74) is 3.23. The van der Waals surface area contributed by atoms with Crippen LogP contribution in [0.3, 0.4) is 0 Å². The van der Waals surface area contributed by atoms with Crippen molar-refractivity contribution in [2.75, 3.05) is 6.61 Å². The van der Waals surface area contributed by atoms with E-state index in [0.29, 0.717) is 17.0 Å². The van der Waals surface area contributed by atoms with Gasteiger partial charge in [-0.25, -0.2) is 0 Å². The van der Waals surface area contributed by atoms with Crippen LogP contribution in [0.2, 0.25) is 5.02 Å². The third-order valence-corrected chi connectivity index (χ3v) is 5.17. The molecule has 0 saturated carbocycles. The summed E-state index contributed by atoms with van der Waals surface area (Å²) in [6.07, 6.45) is -0.0554. The fourth-order valence-electron chi connectivity index (χ4n) is 3.22. The number of aliphatic hydroxyl groups is 4. The molecule has 0 bridgehead atoms. The highest BCUT2D eigenvalue weighted by Crippen LogP contribution is 2.34. The summed E-state index contributed by atoms with van der Waals surface area (Å²) < 4.78 is 5.62. The van der Waals surface area contributed by atoms with E-state index in [1.54, 1.807) is 18.2 Å². The number of hydrogen-bond acceptors (Lipinski definition) is 5. The monoisotopic (exact) mass is 388 g/mol. The van der Waals surface area contributed by atoms with Crippen LogP contribution in [0.25, 0.3) is 0 Å². The van der Waals surface area contributed by atoms with Gasteiger partial charge in [0.2, 0.25) is 0 Å². The Balaban J connectivity index is 1.86. The molecule has 0 radical (unpaired) electrons. The number of benzene rings is 2. The van der Waals surface area contributed by atoms with Gasteiger partial charge in [0.05, 0.1) is 6.61 Å². The summed E-state index contributed by atoms with van der Waals surface area (Å²) in [5.74, 6) is 2.57. The minimum absolute atomic E-state index is 0.469. The summed E-state index contributed by atoms with van der Waals surface area (Å²) in [6.45, 7) is -0.469. The maximum absolute atomic E-state index is 10.3. The molecule has 3 rings (SSSR count). The van der Waals surface area contributed by atoms with Crippen molar-refractivity contribution in [1.82, 2.24) is 0 Å². The molecular formula is C21H21ClO5. The van der Waals surface area contributed by atoms with Gasteiger partial charge >= 0.3 is 0 Å². The third kappa shape index (κ3) is 4.17. The molecule has 1 saturated heterocycles. The number of rotatable bonds is 4. The lowest BCUT2D eigenvalue weighted by Crippen LogP contribution is -2.55. The molecule has 0 amide bonds. The highest BCUT2D eigenvalue weighted by Gasteiger charge is 2.43. The van der Waals surface area contributed by atoms with Crippen molar-refractivity contribution >= 4 is 11.6 Å². The molecule has 1 fully saturated rings. The Hall–Kier alpha value is -1.91. The van der Waals surface area contributed by atoms with E-state index < -0.39 is 37.1 Å². The van der Waals surface area contributed by atoms with E-state index in [1.165, 1.54) is 0 Å². The number of ether oxygens (including phenoxy) is 1. The predicted octanol–water partition coefficient (Wildman–Crippen LogP) is 1.43. The van der Waals surface area contributed by atoms with Crippen LogP contribution in [0.1, 0.15) is 28.4 Å². The molecule has 0 aromatic heterocycles. The molecule has 5 nitrogen and oxygen atoms in total. The first kappa shape index (κ1) is 19.8. The molecular weight excluding hydrogens is 368 g/mol. The Morgan fingerprint density at radius 3 is 2.33 bits per heavy atom. The predicted molar refractivity (Wildman–Crippen MR) is 101 cm³/mol. The number of terminal acetylenes is 1. The Kier molecular flexibility index (Phi) is 6.18. The van der Waals surface area contributed by atoms with Gasteiger partial charge in [0.25, 0.3) is 0 Å². The van der Waals surface area contributed by atoms with Gasteiger partial charge in [0, 0.05) is 10.6 Å². The molecule has 1 unspecified atom stereocenters. The zero-order valence-electron chi connectivity index (χ0n) is 14.5. The van der Waals surface area contributed by atoms with Crippen LogP contribution in [0.5, 0.6) is 0 Å². The summed E-state index contributed by atoms with van der Waals surface area (Å²) >= 11 is 6.32. The summed E-state index contributed by atoms with van der Waals surface area (Å²) in [4.78, 5) is 0. The number of halogens is 1. The van der Waals surface area contributed by atoms with Crippen LogP contribution in [0.15, 0.2) is 42.5 Å². The van der Waals surface area contributed by atoms with Gasteiger partial charge in [-0.3, -0.25) is 0 Å². The van der Waals surface area contributed by atoms with Crippen molar-refractivity contribution in [3.05, 3.63) is 69.7 Å². The van der Waals surface area contributed by atoms with E-state index in [9.17, 15) is 20.4 Å². The molecule has 4 N–H and O–H groups in total. The van der Waals surface area contributed by atoms with Crippen LogP contribution in [0, 0.1) is 12.3 Å². The molecule has 0 aliphatic carbocycles. The minimum atomic E-state index is -1.42. The van der Waals surface area contributed by atoms with E-state index in [-0.39, 0.29) is 0 Å². The fraction of sp³-hybridized carbons (Fsp3) is 0.333. The smallest absolute Gasteiger partial charge is 0.113 e. The van der Waals surface area contributed by atoms with E-state index >= 15 is 0 Å². The minimum Gasteiger partial charge on any atom is -0.394 e. The lowest BCUT2D eigenvalue weighted by Gasteiger charge is -2.40. The van der Waals surface area contributed by atoms with E-state index in [0.717, 1.165) is 16.7 Å². The molecule has 27 heavy (non-hydrogen) atoms. The van der Waals surface area contributed by atoms with Gasteiger partial charge < -0.3 is 25.2 Å². The highest BCUT2D eigenvalue weighted by molar-refractivity contribution is 6.31. The van der Waals surface area contributed by atoms with E-state index in [2.05, 4.69) is 5.92 Å². The molecule has 1 aliphatic heterocycles. The van der Waals surface area contributed by atoms with E-state index in [1.807, 2.05) is 24.3 Å². The standard InChI is InChI=1S/C21H21ClO5/c1-2-12-3-5-13(6-4-12)9-15-10-14(7-8-16(15)22)21-20(26)19(25)18(24)17(11-23)27-21/h1,3-8,10,17-21,23-26H,9,11H2/t17?,18-,19+,20-,21+/m1/s1. The molecule has 6 heteroatoms. The zero-order chi connectivity index (χ0) is 19.6. The summed E-state index contributed by atoms with van der Waals surface area (Å²) in [5, 5.41) is 40.2. The Bertz CT molecular complexity index is 827. The summed E-state index contributed by atoms with van der Waals surface area (Å²) in [6, 6.07) is 12.7. The van der Waals surface area contributed by atoms with Crippen molar-refractivity contribution in [3.8, 4) is 12.3 Å². The summed E-state index contributed by atoms with van der Waals surface area (Å²) in [7, 11) is 0. The Morgan fingerprint density at radius 2 is 1.70 bits per heavy atom. The molecule has 5 atom stereocenters. The number of aliphatic hydroxyl groups excluding tert-OH is 4. The molecule has 0 spiro atoms. The van der Waals surface area contributed by atoms with Gasteiger partial charge in [0.1, 0.15) is 30.5 Å². The van der Waals surface area contributed by atoms with Gasteiger partial charge in [0.15, 0.2) is 0 Å². The van der Waals surface area contributed by atoms with E-state index in [4.69, 9.17) is 22.8 Å². The van der Waals surface area contributed by atoms with Crippen molar-refractivity contribution in [3.63, 3.8) is 0 Å². The normalized spacial score (nSPS) is 27.9. The fourth-order valence-corrected chi connectivity index (χ4v) is 3.41. The van der Waals surface area contributed by atoms with Crippen LogP contribution < -0.4 is 0 Å². The maximum atomic E-state index is 10.3. The van der Waals surface area contributed by atoms with Crippen molar-refractivity contribution in [1.29, 1.82) is 0 Å². The third-order valence-electron chi connectivity index (χ3n) is 4.81. The lowest BCUT2D eigenvalue weighted by atomic mass is 9.90. The molecule has 1 heterocycles. The van der Waals surface area contributed by atoms with Crippen LogP contribution in [-0.2, 0) is 11.2 Å². The van der Waals surface area contributed by atoms with Crippen molar-refractivity contribution in [2.45, 2.75) is 36.9 Å². The average Bonchev–Trinajstić information content (AvgIpc) is 2.69. The van der Waals surface area contributed by atoms with Crippen LogP contribution >= 0.6 is 11.6 Å². The second kappa shape index (κ2) is 8.41. The first-order valence-corrected chi connectivity index (χ1v) is 8.96. The maximum Gasteiger partial charge on any atom is 0.113 e. The molecule has 2 aromatic rings. The zero-order valence-corrected chi connectivity index (χ0v) is 15.3. The molecule has 1 aliphatic rings. The topological polar surface area (TPSA) is 90.2 Å². The number of hydrogen-bond donors (Lipinski definition) is 4. The quantitative estimate of drug-likeness (QED) is 0.595. The van der Waals surface area contributed by atoms with Crippen molar-refractivity contribution in [2.24, 2.45) is 0 Å². The Labute approximate surface area is 162 Å². The Morgan fingerprint density at radius 1 is 1.00 bits per heavy atom. The first-order valence-electron chi connectivity index (χ1n) is 8.59. The first-order chi connectivity index (χ1) is 12.9. The van der Waals surface area contributed by atoms with Crippen LogP contribution in [0.4, 0.5) is 0 Å². The van der Waals surface area contributed by atoms with Gasteiger partial charge in [-0.15, -0.1) is 6.42 Å². The molecule has 2 aromatic carbocycles. The second-order valence-electron chi connectivity index (χ2n) is 6.62. The van der Waals surface area contributed by atoms with Gasteiger partial charge in [-0.1, -0.05) is 41.8 Å². The van der Waals surface area contributed by atoms with Crippen LogP contribution in [-0.4, -0.2) is 51.4 Å². The largest absolute Gasteiger partial charge is 0.394 e. The van der Waals surface area contributed by atoms with Crippen molar-refractivity contribution < 1.29 is 25.2 Å². The molecule has 142 valence electrons. The average molecular weight is 389 g/mol.